The molecule has 31 heavy (non-hydrogen) atoms. The second kappa shape index (κ2) is 11.1. The Labute approximate surface area is 191 Å². The topological polar surface area (TPSA) is 57.2 Å². The third-order valence-electron chi connectivity index (χ3n) is 4.75. The molecule has 0 unspecified atom stereocenters. The molecule has 1 fully saturated rings. The summed E-state index contributed by atoms with van der Waals surface area (Å²) in [5, 5.41) is 0.0626. The van der Waals surface area contributed by atoms with Crippen molar-refractivity contribution in [1.29, 1.82) is 0 Å². The van der Waals surface area contributed by atoms with Crippen molar-refractivity contribution in [3.05, 3.63) is 70.4 Å². The number of methoxy groups -OCH3 is 2. The van der Waals surface area contributed by atoms with Gasteiger partial charge in [-0.15, -0.1) is 0 Å². The molecule has 164 valence electrons. The first-order chi connectivity index (χ1) is 15.0. The molecule has 3 rings (SSSR count). The molecular weight excluding hydrogens is 441 g/mol. The quantitative estimate of drug-likeness (QED) is 0.441. The first-order valence-electron chi connectivity index (χ1n) is 9.60. The number of hydrogen-bond donors (Lipinski definition) is 0. The first-order valence-corrected chi connectivity index (χ1v) is 10.4. The smallest absolute Gasteiger partial charge is 0.247 e. The molecule has 0 saturated carbocycles. The van der Waals surface area contributed by atoms with Crippen LogP contribution in [0, 0.1) is 0 Å². The Morgan fingerprint density at radius 3 is 2.26 bits per heavy atom. The highest BCUT2D eigenvalue weighted by atomic mass is 35.5. The van der Waals surface area contributed by atoms with E-state index in [1.54, 1.807) is 37.3 Å². The highest BCUT2D eigenvalue weighted by Gasteiger charge is 2.18. The highest BCUT2D eigenvalue weighted by Crippen LogP contribution is 2.33. The average Bonchev–Trinajstić information content (AvgIpc) is 2.83. The predicted octanol–water partition coefficient (Wildman–Crippen LogP) is 4.65. The Bertz CT molecular complexity index is 966. The predicted molar refractivity (Wildman–Crippen MR) is 121 cm³/mol. The van der Waals surface area contributed by atoms with Crippen LogP contribution in [-0.4, -0.2) is 51.3 Å². The SMILES string of the molecule is COc1ccc(C(=CC(=O)N2CCOCC2)c2ccc(OC(Cl)=CCl)cc2)cc1OC. The number of rotatable bonds is 7. The van der Waals surface area contributed by atoms with Crippen molar-refractivity contribution in [2.75, 3.05) is 40.5 Å². The second-order valence-electron chi connectivity index (χ2n) is 6.61. The maximum atomic E-state index is 13.0. The maximum absolute atomic E-state index is 13.0. The second-order valence-corrected chi connectivity index (χ2v) is 7.20. The lowest BCUT2D eigenvalue weighted by molar-refractivity contribution is -0.129. The van der Waals surface area contributed by atoms with Gasteiger partial charge < -0.3 is 23.8 Å². The zero-order chi connectivity index (χ0) is 22.2. The Morgan fingerprint density at radius 1 is 1.00 bits per heavy atom. The molecule has 1 aliphatic heterocycles. The van der Waals surface area contributed by atoms with Gasteiger partial charge in [-0.25, -0.2) is 0 Å². The molecule has 0 aliphatic carbocycles. The van der Waals surface area contributed by atoms with Gasteiger partial charge in [0.15, 0.2) is 11.5 Å². The van der Waals surface area contributed by atoms with E-state index in [2.05, 4.69) is 0 Å². The van der Waals surface area contributed by atoms with E-state index in [1.807, 2.05) is 30.3 Å². The summed E-state index contributed by atoms with van der Waals surface area (Å²) in [6.07, 6.45) is 1.63. The molecule has 0 aromatic heterocycles. The van der Waals surface area contributed by atoms with E-state index in [0.717, 1.165) is 22.2 Å². The first kappa shape index (κ1) is 23.0. The Morgan fingerprint density at radius 2 is 1.65 bits per heavy atom. The van der Waals surface area contributed by atoms with Crippen LogP contribution in [0.2, 0.25) is 0 Å². The van der Waals surface area contributed by atoms with Crippen LogP contribution >= 0.6 is 23.2 Å². The van der Waals surface area contributed by atoms with Gasteiger partial charge in [0.05, 0.1) is 33.0 Å². The van der Waals surface area contributed by atoms with Crippen LogP contribution in [0.25, 0.3) is 5.57 Å². The van der Waals surface area contributed by atoms with E-state index < -0.39 is 0 Å². The van der Waals surface area contributed by atoms with Crippen LogP contribution in [-0.2, 0) is 9.53 Å². The van der Waals surface area contributed by atoms with E-state index in [-0.39, 0.29) is 11.1 Å². The van der Waals surface area contributed by atoms with Gasteiger partial charge in [-0.05, 0) is 52.6 Å². The molecule has 2 aromatic rings. The minimum Gasteiger partial charge on any atom is -0.493 e. The third-order valence-corrected chi connectivity index (χ3v) is 5.25. The van der Waals surface area contributed by atoms with Gasteiger partial charge in [0, 0.05) is 19.2 Å². The fraction of sp³-hybridized carbons (Fsp3) is 0.261. The normalized spacial score (nSPS) is 14.9. The van der Waals surface area contributed by atoms with Crippen molar-refractivity contribution in [1.82, 2.24) is 4.90 Å². The van der Waals surface area contributed by atoms with Gasteiger partial charge in [0.25, 0.3) is 0 Å². The lowest BCUT2D eigenvalue weighted by atomic mass is 9.96. The summed E-state index contributed by atoms with van der Waals surface area (Å²) in [5.41, 5.74) is 3.52. The third kappa shape index (κ3) is 5.94. The maximum Gasteiger partial charge on any atom is 0.247 e. The van der Waals surface area contributed by atoms with E-state index >= 15 is 0 Å². The molecule has 0 radical (unpaired) electrons. The molecule has 1 aliphatic rings. The Hall–Kier alpha value is -2.67. The number of amides is 1. The van der Waals surface area contributed by atoms with Gasteiger partial charge in [0.2, 0.25) is 11.1 Å². The zero-order valence-electron chi connectivity index (χ0n) is 17.3. The summed E-state index contributed by atoms with van der Waals surface area (Å²) in [6, 6.07) is 12.7. The van der Waals surface area contributed by atoms with Crippen molar-refractivity contribution in [2.24, 2.45) is 0 Å². The number of carbonyl (C=O) groups is 1. The zero-order valence-corrected chi connectivity index (χ0v) is 18.8. The minimum atomic E-state index is -0.0819. The van der Waals surface area contributed by atoms with Crippen LogP contribution in [0.5, 0.6) is 17.2 Å². The lowest BCUT2D eigenvalue weighted by Gasteiger charge is -2.26. The molecule has 8 heteroatoms. The van der Waals surface area contributed by atoms with E-state index in [9.17, 15) is 4.79 Å². The van der Waals surface area contributed by atoms with Crippen molar-refractivity contribution < 1.29 is 23.7 Å². The van der Waals surface area contributed by atoms with Crippen LogP contribution in [0.3, 0.4) is 0 Å². The summed E-state index contributed by atoms with van der Waals surface area (Å²) in [5.74, 6) is 1.62. The van der Waals surface area contributed by atoms with Crippen LogP contribution < -0.4 is 14.2 Å². The molecule has 1 heterocycles. The van der Waals surface area contributed by atoms with Gasteiger partial charge in [-0.1, -0.05) is 29.8 Å². The molecule has 0 atom stereocenters. The summed E-state index contributed by atoms with van der Waals surface area (Å²) >= 11 is 11.4. The number of morpholine rings is 1. The number of hydrogen-bond acceptors (Lipinski definition) is 5. The Balaban J connectivity index is 2.00. The number of carbonyl (C=O) groups excluding carboxylic acids is 1. The molecule has 2 aromatic carbocycles. The Kier molecular flexibility index (Phi) is 8.23. The van der Waals surface area contributed by atoms with E-state index in [0.29, 0.717) is 43.6 Å². The van der Waals surface area contributed by atoms with Crippen molar-refractivity contribution in [3.63, 3.8) is 0 Å². The summed E-state index contributed by atoms with van der Waals surface area (Å²) in [6.45, 7) is 2.19. The van der Waals surface area contributed by atoms with Gasteiger partial charge >= 0.3 is 0 Å². The van der Waals surface area contributed by atoms with Crippen molar-refractivity contribution >= 4 is 34.7 Å². The molecule has 0 spiro atoms. The van der Waals surface area contributed by atoms with Crippen LogP contribution in [0.4, 0.5) is 0 Å². The molecule has 6 nitrogen and oxygen atoms in total. The lowest BCUT2D eigenvalue weighted by Crippen LogP contribution is -2.39. The molecule has 1 amide bonds. The van der Waals surface area contributed by atoms with Crippen LogP contribution in [0.1, 0.15) is 11.1 Å². The number of ether oxygens (including phenoxy) is 4. The van der Waals surface area contributed by atoms with Crippen molar-refractivity contribution in [3.8, 4) is 17.2 Å². The van der Waals surface area contributed by atoms with Crippen molar-refractivity contribution in [2.45, 2.75) is 0 Å². The molecule has 0 bridgehead atoms. The van der Waals surface area contributed by atoms with Crippen LogP contribution in [0.15, 0.2) is 59.3 Å². The number of benzene rings is 2. The van der Waals surface area contributed by atoms with Gasteiger partial charge in [-0.3, -0.25) is 4.79 Å². The molecular formula is C23H23Cl2NO5. The summed E-state index contributed by atoms with van der Waals surface area (Å²) in [7, 11) is 3.15. The number of nitrogens with zero attached hydrogens (tertiary/aromatic N) is 1. The standard InChI is InChI=1S/C23H23Cl2NO5/c1-28-20-8-5-17(13-21(20)29-2)19(14-23(27)26-9-11-30-12-10-26)16-3-6-18(7-4-16)31-22(25)15-24/h3-8,13-15H,9-12H2,1-2H3. The fourth-order valence-electron chi connectivity index (χ4n) is 3.17. The average molecular weight is 464 g/mol. The largest absolute Gasteiger partial charge is 0.493 e. The number of halogens is 2. The molecule has 0 N–H and O–H groups in total. The fourth-order valence-corrected chi connectivity index (χ4v) is 3.31. The summed E-state index contributed by atoms with van der Waals surface area (Å²) < 4.78 is 21.5. The summed E-state index contributed by atoms with van der Waals surface area (Å²) in [4.78, 5) is 14.7. The van der Waals surface area contributed by atoms with Gasteiger partial charge in [0.1, 0.15) is 5.75 Å². The van der Waals surface area contributed by atoms with E-state index in [4.69, 9.17) is 42.1 Å². The minimum absolute atomic E-state index is 0.0626. The van der Waals surface area contributed by atoms with Gasteiger partial charge in [-0.2, -0.15) is 0 Å². The highest BCUT2D eigenvalue weighted by molar-refractivity contribution is 6.35. The van der Waals surface area contributed by atoms with E-state index in [1.165, 1.54) is 0 Å². The molecule has 1 saturated heterocycles. The monoisotopic (exact) mass is 463 g/mol.